The molecule has 0 unspecified atom stereocenters. The quantitative estimate of drug-likeness (QED) is 0.922. The predicted octanol–water partition coefficient (Wildman–Crippen LogP) is 3.95. The van der Waals surface area contributed by atoms with E-state index in [0.717, 1.165) is 0 Å². The molecular formula is C16H14Cl2N2O2. The number of rotatable bonds is 3. The summed E-state index contributed by atoms with van der Waals surface area (Å²) in [6.07, 6.45) is 0. The lowest BCUT2D eigenvalue weighted by molar-refractivity contribution is 0.0827. The fraction of sp³-hybridized carbons (Fsp3) is 0.125. The van der Waals surface area contributed by atoms with Crippen molar-refractivity contribution in [3.05, 3.63) is 63.6 Å². The molecule has 0 atom stereocenters. The molecule has 2 aromatic rings. The van der Waals surface area contributed by atoms with Crippen molar-refractivity contribution in [3.8, 4) is 0 Å². The molecule has 0 saturated carbocycles. The van der Waals surface area contributed by atoms with Gasteiger partial charge < -0.3 is 10.2 Å². The van der Waals surface area contributed by atoms with Gasteiger partial charge in [-0.1, -0.05) is 35.3 Å². The van der Waals surface area contributed by atoms with E-state index in [1.807, 2.05) is 0 Å². The van der Waals surface area contributed by atoms with Crippen molar-refractivity contribution in [2.24, 2.45) is 0 Å². The number of benzene rings is 2. The van der Waals surface area contributed by atoms with Crippen LogP contribution in [0.3, 0.4) is 0 Å². The van der Waals surface area contributed by atoms with Gasteiger partial charge in [0, 0.05) is 25.3 Å². The molecule has 6 heteroatoms. The maximum Gasteiger partial charge on any atom is 0.257 e. The van der Waals surface area contributed by atoms with Gasteiger partial charge in [0.2, 0.25) is 0 Å². The van der Waals surface area contributed by atoms with Crippen molar-refractivity contribution < 1.29 is 9.59 Å². The molecule has 0 spiro atoms. The van der Waals surface area contributed by atoms with E-state index in [0.29, 0.717) is 16.3 Å². The van der Waals surface area contributed by atoms with Gasteiger partial charge in [-0.05, 0) is 30.3 Å². The molecule has 0 fully saturated rings. The summed E-state index contributed by atoms with van der Waals surface area (Å²) in [5.41, 5.74) is 1.27. The first-order valence-electron chi connectivity index (χ1n) is 6.47. The number of nitrogens with one attached hydrogen (secondary N) is 1. The van der Waals surface area contributed by atoms with Gasteiger partial charge in [0.15, 0.2) is 0 Å². The molecule has 22 heavy (non-hydrogen) atoms. The van der Waals surface area contributed by atoms with Crippen LogP contribution in [0, 0.1) is 0 Å². The molecule has 0 radical (unpaired) electrons. The maximum atomic E-state index is 12.3. The maximum absolute atomic E-state index is 12.3. The molecule has 0 aliphatic rings. The molecule has 0 aliphatic heterocycles. The zero-order valence-electron chi connectivity index (χ0n) is 12.1. The van der Waals surface area contributed by atoms with Gasteiger partial charge in [-0.2, -0.15) is 0 Å². The van der Waals surface area contributed by atoms with E-state index in [1.165, 1.54) is 4.90 Å². The number of amides is 2. The van der Waals surface area contributed by atoms with Gasteiger partial charge in [0.1, 0.15) is 0 Å². The van der Waals surface area contributed by atoms with Crippen LogP contribution in [0.15, 0.2) is 42.5 Å². The molecule has 1 N–H and O–H groups in total. The van der Waals surface area contributed by atoms with Crippen molar-refractivity contribution in [2.45, 2.75) is 0 Å². The Kier molecular flexibility index (Phi) is 5.06. The van der Waals surface area contributed by atoms with Gasteiger partial charge in [-0.15, -0.1) is 0 Å². The third-order valence-corrected chi connectivity index (χ3v) is 3.79. The number of halogens is 2. The minimum atomic E-state index is -0.387. The zero-order valence-corrected chi connectivity index (χ0v) is 13.6. The van der Waals surface area contributed by atoms with Crippen LogP contribution >= 0.6 is 23.2 Å². The standard InChI is InChI=1S/C16H14Cl2N2O2/c1-20(2)16(22)10-5-3-6-11(9-10)19-15(21)12-7-4-8-13(17)14(12)18/h3-9H,1-2H3,(H,19,21). The molecule has 4 nitrogen and oxygen atoms in total. The van der Waals surface area contributed by atoms with E-state index in [2.05, 4.69) is 5.32 Å². The fourth-order valence-electron chi connectivity index (χ4n) is 1.87. The van der Waals surface area contributed by atoms with Gasteiger partial charge in [0.05, 0.1) is 15.6 Å². The first-order chi connectivity index (χ1) is 10.4. The third-order valence-electron chi connectivity index (χ3n) is 2.97. The van der Waals surface area contributed by atoms with Crippen LogP contribution in [0.2, 0.25) is 10.0 Å². The Bertz CT molecular complexity index is 730. The van der Waals surface area contributed by atoms with Gasteiger partial charge in [-0.25, -0.2) is 0 Å². The number of carbonyl (C=O) groups excluding carboxylic acids is 2. The third kappa shape index (κ3) is 3.59. The first-order valence-corrected chi connectivity index (χ1v) is 7.23. The smallest absolute Gasteiger partial charge is 0.257 e. The monoisotopic (exact) mass is 336 g/mol. The molecule has 114 valence electrons. The Morgan fingerprint density at radius 3 is 2.41 bits per heavy atom. The largest absolute Gasteiger partial charge is 0.345 e. The fourth-order valence-corrected chi connectivity index (χ4v) is 2.25. The summed E-state index contributed by atoms with van der Waals surface area (Å²) in [6, 6.07) is 11.5. The Morgan fingerprint density at radius 1 is 1.05 bits per heavy atom. The summed E-state index contributed by atoms with van der Waals surface area (Å²) in [6.45, 7) is 0. The second-order valence-corrected chi connectivity index (χ2v) is 5.62. The molecule has 0 bridgehead atoms. The number of carbonyl (C=O) groups is 2. The Balaban J connectivity index is 2.24. The van der Waals surface area contributed by atoms with Crippen LogP contribution in [0.1, 0.15) is 20.7 Å². The Labute approximate surface area is 138 Å². The van der Waals surface area contributed by atoms with Crippen LogP contribution < -0.4 is 5.32 Å². The van der Waals surface area contributed by atoms with Crippen LogP contribution in [-0.2, 0) is 0 Å². The lowest BCUT2D eigenvalue weighted by Gasteiger charge is -2.12. The highest BCUT2D eigenvalue weighted by atomic mass is 35.5. The summed E-state index contributed by atoms with van der Waals surface area (Å²) in [5.74, 6) is -0.529. The van der Waals surface area contributed by atoms with E-state index in [-0.39, 0.29) is 22.4 Å². The van der Waals surface area contributed by atoms with Crippen LogP contribution in [0.4, 0.5) is 5.69 Å². The Morgan fingerprint density at radius 2 is 1.73 bits per heavy atom. The van der Waals surface area contributed by atoms with Crippen molar-refractivity contribution in [1.82, 2.24) is 4.90 Å². The molecule has 2 amide bonds. The van der Waals surface area contributed by atoms with Crippen molar-refractivity contribution >= 4 is 40.7 Å². The van der Waals surface area contributed by atoms with E-state index in [9.17, 15) is 9.59 Å². The first kappa shape index (κ1) is 16.3. The molecule has 2 aromatic carbocycles. The van der Waals surface area contributed by atoms with Gasteiger partial charge in [-0.3, -0.25) is 9.59 Å². The number of nitrogens with zero attached hydrogens (tertiary/aromatic N) is 1. The lowest BCUT2D eigenvalue weighted by atomic mass is 10.1. The van der Waals surface area contributed by atoms with Gasteiger partial charge in [0.25, 0.3) is 11.8 Å². The van der Waals surface area contributed by atoms with E-state index >= 15 is 0 Å². The van der Waals surface area contributed by atoms with E-state index in [4.69, 9.17) is 23.2 Å². The van der Waals surface area contributed by atoms with Crippen molar-refractivity contribution in [3.63, 3.8) is 0 Å². The molecule has 0 saturated heterocycles. The molecule has 0 aromatic heterocycles. The highest BCUT2D eigenvalue weighted by Crippen LogP contribution is 2.26. The average molecular weight is 337 g/mol. The van der Waals surface area contributed by atoms with Crippen molar-refractivity contribution in [2.75, 3.05) is 19.4 Å². The molecular weight excluding hydrogens is 323 g/mol. The molecule has 0 aliphatic carbocycles. The van der Waals surface area contributed by atoms with E-state index in [1.54, 1.807) is 56.6 Å². The number of hydrogen-bond donors (Lipinski definition) is 1. The number of hydrogen-bond acceptors (Lipinski definition) is 2. The van der Waals surface area contributed by atoms with E-state index < -0.39 is 0 Å². The van der Waals surface area contributed by atoms with Gasteiger partial charge >= 0.3 is 0 Å². The summed E-state index contributed by atoms with van der Waals surface area (Å²) in [5, 5.41) is 3.22. The second kappa shape index (κ2) is 6.81. The predicted molar refractivity (Wildman–Crippen MR) is 88.9 cm³/mol. The van der Waals surface area contributed by atoms with Crippen LogP contribution in [0.25, 0.3) is 0 Å². The topological polar surface area (TPSA) is 49.4 Å². The minimum Gasteiger partial charge on any atom is -0.345 e. The van der Waals surface area contributed by atoms with Crippen LogP contribution in [0.5, 0.6) is 0 Å². The summed E-state index contributed by atoms with van der Waals surface area (Å²) < 4.78 is 0. The summed E-state index contributed by atoms with van der Waals surface area (Å²) >= 11 is 11.9. The highest BCUT2D eigenvalue weighted by Gasteiger charge is 2.14. The SMILES string of the molecule is CN(C)C(=O)c1cccc(NC(=O)c2cccc(Cl)c2Cl)c1. The number of anilines is 1. The van der Waals surface area contributed by atoms with Crippen molar-refractivity contribution in [1.29, 1.82) is 0 Å². The molecule has 0 heterocycles. The average Bonchev–Trinajstić information content (AvgIpc) is 2.49. The lowest BCUT2D eigenvalue weighted by Crippen LogP contribution is -2.22. The Hall–Kier alpha value is -2.04. The summed E-state index contributed by atoms with van der Waals surface area (Å²) in [4.78, 5) is 25.6. The second-order valence-electron chi connectivity index (χ2n) is 4.84. The molecule has 2 rings (SSSR count). The highest BCUT2D eigenvalue weighted by molar-refractivity contribution is 6.44. The zero-order chi connectivity index (χ0) is 16.3. The minimum absolute atomic E-state index is 0.142. The van der Waals surface area contributed by atoms with Crippen LogP contribution in [-0.4, -0.2) is 30.8 Å². The normalized spacial score (nSPS) is 10.2. The summed E-state index contributed by atoms with van der Waals surface area (Å²) in [7, 11) is 3.33.